The molecule has 1 aliphatic rings. The van der Waals surface area contributed by atoms with Gasteiger partial charge >= 0.3 is 0 Å². The molecule has 31 heavy (non-hydrogen) atoms. The maximum atomic E-state index is 6.25. The number of benzene rings is 2. The van der Waals surface area contributed by atoms with Crippen molar-refractivity contribution >= 4 is 32.7 Å². The third-order valence-corrected chi connectivity index (χ3v) is 7.27. The van der Waals surface area contributed by atoms with E-state index in [1.807, 2.05) is 6.07 Å². The molecule has 2 N–H and O–H groups in total. The van der Waals surface area contributed by atoms with Crippen molar-refractivity contribution in [2.45, 2.75) is 11.8 Å². The quantitative estimate of drug-likeness (QED) is 0.520. The lowest BCUT2D eigenvalue weighted by atomic mass is 9.88. The SMILES string of the molecule is Cc1ccc(N)cc1C(=C1C=CC(=[N+](C)C)C=C1)c1ccc(N(C)C)cc1S(C)(C)C. The molecule has 2 aromatic carbocycles. The van der Waals surface area contributed by atoms with Gasteiger partial charge in [-0.05, 0) is 94.8 Å². The second-order valence-electron chi connectivity index (χ2n) is 9.30. The fourth-order valence-electron chi connectivity index (χ4n) is 3.79. The predicted molar refractivity (Wildman–Crippen MR) is 141 cm³/mol. The van der Waals surface area contributed by atoms with E-state index in [9.17, 15) is 0 Å². The van der Waals surface area contributed by atoms with Gasteiger partial charge in [-0.2, -0.15) is 0 Å². The van der Waals surface area contributed by atoms with Crippen LogP contribution in [0.2, 0.25) is 0 Å². The lowest BCUT2D eigenvalue weighted by Crippen LogP contribution is -2.12. The van der Waals surface area contributed by atoms with Gasteiger partial charge in [0.2, 0.25) is 0 Å². The Balaban J connectivity index is 2.38. The minimum Gasteiger partial charge on any atom is -0.399 e. The van der Waals surface area contributed by atoms with Crippen LogP contribution in [0.25, 0.3) is 5.57 Å². The standard InChI is InChI=1S/C27H36N3S/c1-19-9-12-21(28)17-25(19)27(20-10-13-22(14-11-20)29(2)3)24-16-15-23(30(4)5)18-26(24)31(6,7)8/h9-18H,28H2,1-8H3/q+1. The van der Waals surface area contributed by atoms with Crippen LogP contribution in [0.15, 0.2) is 71.2 Å². The van der Waals surface area contributed by atoms with Crippen LogP contribution in [0.1, 0.15) is 16.7 Å². The number of nitrogens with two attached hydrogens (primary N) is 1. The molecule has 3 nitrogen and oxygen atoms in total. The van der Waals surface area contributed by atoms with Gasteiger partial charge in [0.05, 0.1) is 0 Å². The maximum Gasteiger partial charge on any atom is 0.199 e. The number of nitrogen functional groups attached to an aromatic ring is 1. The van der Waals surface area contributed by atoms with Gasteiger partial charge < -0.3 is 10.6 Å². The summed E-state index contributed by atoms with van der Waals surface area (Å²) in [5, 5.41) is 0. The molecule has 2 aromatic rings. The third-order valence-electron chi connectivity index (χ3n) is 5.61. The van der Waals surface area contributed by atoms with Crippen molar-refractivity contribution in [2.24, 2.45) is 0 Å². The molecule has 164 valence electrons. The van der Waals surface area contributed by atoms with Gasteiger partial charge in [-0.25, -0.2) is 14.6 Å². The zero-order valence-electron chi connectivity index (χ0n) is 20.2. The van der Waals surface area contributed by atoms with E-state index < -0.39 is 10.0 Å². The van der Waals surface area contributed by atoms with E-state index in [0.29, 0.717) is 0 Å². The fraction of sp³-hybridized carbons (Fsp3) is 0.296. The van der Waals surface area contributed by atoms with Gasteiger partial charge in [0.25, 0.3) is 0 Å². The van der Waals surface area contributed by atoms with E-state index >= 15 is 0 Å². The molecule has 0 unspecified atom stereocenters. The lowest BCUT2D eigenvalue weighted by Gasteiger charge is -2.32. The number of hydrogen-bond acceptors (Lipinski definition) is 2. The first kappa shape index (κ1) is 23.0. The van der Waals surface area contributed by atoms with E-state index in [0.717, 1.165) is 5.69 Å². The smallest absolute Gasteiger partial charge is 0.199 e. The molecule has 0 bridgehead atoms. The van der Waals surface area contributed by atoms with Crippen molar-refractivity contribution in [3.63, 3.8) is 0 Å². The highest BCUT2D eigenvalue weighted by molar-refractivity contribution is 8.32. The second-order valence-corrected chi connectivity index (χ2v) is 13.4. The molecular weight excluding hydrogens is 398 g/mol. The second kappa shape index (κ2) is 8.80. The van der Waals surface area contributed by atoms with Gasteiger partial charge in [-0.15, -0.1) is 0 Å². The topological polar surface area (TPSA) is 32.3 Å². The Kier molecular flexibility index (Phi) is 6.51. The highest BCUT2D eigenvalue weighted by Crippen LogP contribution is 2.51. The summed E-state index contributed by atoms with van der Waals surface area (Å²) in [5.74, 6) is 0. The fourth-order valence-corrected chi connectivity index (χ4v) is 5.10. The Bertz CT molecular complexity index is 1100. The minimum absolute atomic E-state index is 0.789. The molecular formula is C27H36N3S+. The van der Waals surface area contributed by atoms with Crippen molar-refractivity contribution in [2.75, 3.05) is 57.6 Å². The van der Waals surface area contributed by atoms with Gasteiger partial charge in [0.1, 0.15) is 14.1 Å². The van der Waals surface area contributed by atoms with E-state index in [1.165, 1.54) is 44.1 Å². The molecule has 0 aliphatic heterocycles. The normalized spacial score (nSPS) is 14.1. The van der Waals surface area contributed by atoms with Gasteiger partial charge in [-0.3, -0.25) is 0 Å². The highest BCUT2D eigenvalue weighted by Gasteiger charge is 2.22. The number of anilines is 2. The summed E-state index contributed by atoms with van der Waals surface area (Å²) in [7, 11) is 7.36. The van der Waals surface area contributed by atoms with Crippen LogP contribution in [0.4, 0.5) is 11.4 Å². The first-order valence-corrected chi connectivity index (χ1v) is 13.4. The third kappa shape index (κ3) is 4.96. The summed E-state index contributed by atoms with van der Waals surface area (Å²) < 4.78 is 2.13. The zero-order valence-corrected chi connectivity index (χ0v) is 21.0. The molecule has 3 rings (SSSR count). The van der Waals surface area contributed by atoms with Crippen molar-refractivity contribution in [1.29, 1.82) is 0 Å². The van der Waals surface area contributed by atoms with Crippen LogP contribution < -0.4 is 10.6 Å². The zero-order chi connectivity index (χ0) is 22.9. The first-order valence-electron chi connectivity index (χ1n) is 10.5. The number of nitrogens with zero attached hydrogens (tertiary/aromatic N) is 2. The molecule has 0 saturated heterocycles. The van der Waals surface area contributed by atoms with Crippen LogP contribution in [-0.4, -0.2) is 57.2 Å². The molecule has 0 spiro atoms. The van der Waals surface area contributed by atoms with Gasteiger partial charge in [-0.1, -0.05) is 12.1 Å². The first-order chi connectivity index (χ1) is 14.5. The minimum atomic E-state index is -0.982. The van der Waals surface area contributed by atoms with Crippen molar-refractivity contribution < 1.29 is 4.58 Å². The molecule has 0 fully saturated rings. The maximum absolute atomic E-state index is 6.25. The Morgan fingerprint density at radius 2 is 1.52 bits per heavy atom. The largest absolute Gasteiger partial charge is 0.399 e. The predicted octanol–water partition coefficient (Wildman–Crippen LogP) is 5.34. The van der Waals surface area contributed by atoms with Crippen LogP contribution in [0.3, 0.4) is 0 Å². The molecule has 0 heterocycles. The number of rotatable bonds is 4. The summed E-state index contributed by atoms with van der Waals surface area (Å²) in [5.41, 5.74) is 15.6. The van der Waals surface area contributed by atoms with Gasteiger partial charge in [0.15, 0.2) is 5.71 Å². The van der Waals surface area contributed by atoms with Crippen LogP contribution in [-0.2, 0) is 0 Å². The van der Waals surface area contributed by atoms with E-state index in [2.05, 4.69) is 118 Å². The summed E-state index contributed by atoms with van der Waals surface area (Å²) in [6.45, 7) is 2.17. The molecule has 0 atom stereocenters. The van der Waals surface area contributed by atoms with E-state index in [1.54, 1.807) is 0 Å². The number of allylic oxidation sites excluding steroid dienone is 5. The molecule has 0 aromatic heterocycles. The Morgan fingerprint density at radius 3 is 2.06 bits per heavy atom. The van der Waals surface area contributed by atoms with Crippen molar-refractivity contribution in [3.8, 4) is 0 Å². The lowest BCUT2D eigenvalue weighted by molar-refractivity contribution is -0.462. The molecule has 0 amide bonds. The Labute approximate surface area is 189 Å². The molecule has 0 saturated carbocycles. The number of hydrogen-bond donors (Lipinski definition) is 1. The number of aryl methyl sites for hydroxylation is 1. The van der Waals surface area contributed by atoms with Crippen LogP contribution >= 0.6 is 10.0 Å². The van der Waals surface area contributed by atoms with E-state index in [-0.39, 0.29) is 0 Å². The molecule has 1 aliphatic carbocycles. The Hall–Kier alpha value is -2.72. The van der Waals surface area contributed by atoms with Crippen LogP contribution in [0.5, 0.6) is 0 Å². The molecule has 0 radical (unpaired) electrons. The average Bonchev–Trinajstić information content (AvgIpc) is 2.70. The summed E-state index contributed by atoms with van der Waals surface area (Å²) in [4.78, 5) is 3.59. The molecule has 4 heteroatoms. The highest BCUT2D eigenvalue weighted by atomic mass is 32.3. The van der Waals surface area contributed by atoms with Crippen molar-refractivity contribution in [3.05, 3.63) is 83.0 Å². The summed E-state index contributed by atoms with van der Waals surface area (Å²) >= 11 is 0. The van der Waals surface area contributed by atoms with Crippen molar-refractivity contribution in [1.82, 2.24) is 0 Å². The van der Waals surface area contributed by atoms with E-state index in [4.69, 9.17) is 5.73 Å². The summed E-state index contributed by atoms with van der Waals surface area (Å²) in [6, 6.07) is 13.1. The monoisotopic (exact) mass is 434 g/mol. The van der Waals surface area contributed by atoms with Gasteiger partial charge in [0, 0.05) is 37.6 Å². The van der Waals surface area contributed by atoms with Crippen LogP contribution in [0, 0.1) is 6.92 Å². The average molecular weight is 435 g/mol. The summed E-state index contributed by atoms with van der Waals surface area (Å²) in [6.07, 6.45) is 15.9. The Morgan fingerprint density at radius 1 is 0.871 bits per heavy atom.